The molecule has 2 N–H and O–H groups in total. The summed E-state index contributed by atoms with van der Waals surface area (Å²) in [5.41, 5.74) is 0.596. The van der Waals surface area contributed by atoms with E-state index in [1.807, 2.05) is 0 Å². The molecule has 1 saturated heterocycles. The van der Waals surface area contributed by atoms with E-state index in [2.05, 4.69) is 5.32 Å². The van der Waals surface area contributed by atoms with Crippen molar-refractivity contribution in [3.8, 4) is 0 Å². The highest BCUT2D eigenvalue weighted by Gasteiger charge is 2.23. The van der Waals surface area contributed by atoms with E-state index < -0.39 is 6.10 Å². The van der Waals surface area contributed by atoms with Crippen LogP contribution in [0.4, 0.5) is 4.39 Å². The number of hydrogen-bond donors (Lipinski definition) is 2. The summed E-state index contributed by atoms with van der Waals surface area (Å²) in [6.07, 6.45) is 1.99. The second-order valence-corrected chi connectivity index (χ2v) is 4.07. The van der Waals surface area contributed by atoms with Gasteiger partial charge in [0.2, 0.25) is 0 Å². The smallest absolute Gasteiger partial charge is 0.126 e. The van der Waals surface area contributed by atoms with E-state index in [9.17, 15) is 9.50 Å². The summed E-state index contributed by atoms with van der Waals surface area (Å²) < 4.78 is 13.3. The fraction of sp³-hybridized carbons (Fsp3) is 0.500. The third kappa shape index (κ3) is 2.55. The maximum absolute atomic E-state index is 13.3. The molecule has 3 heteroatoms. The van der Waals surface area contributed by atoms with Crippen LogP contribution in [0.2, 0.25) is 0 Å². The van der Waals surface area contributed by atoms with Crippen molar-refractivity contribution < 1.29 is 9.50 Å². The molecule has 2 atom stereocenters. The summed E-state index contributed by atoms with van der Waals surface area (Å²) in [5.74, 6) is -0.227. The van der Waals surface area contributed by atoms with Crippen LogP contribution in [-0.4, -0.2) is 23.8 Å². The van der Waals surface area contributed by atoms with Gasteiger partial charge in [0.15, 0.2) is 0 Å². The van der Waals surface area contributed by atoms with Crippen LogP contribution in [0.3, 0.4) is 0 Å². The number of benzene rings is 1. The molecule has 1 aromatic carbocycles. The van der Waals surface area contributed by atoms with Gasteiger partial charge in [-0.25, -0.2) is 4.39 Å². The van der Waals surface area contributed by atoms with Crippen molar-refractivity contribution in [1.29, 1.82) is 0 Å². The number of rotatable bonds is 3. The van der Waals surface area contributed by atoms with Crippen LogP contribution < -0.4 is 5.32 Å². The zero-order valence-corrected chi connectivity index (χ0v) is 8.62. The van der Waals surface area contributed by atoms with Crippen molar-refractivity contribution >= 4 is 0 Å². The molecule has 1 aromatic rings. The molecule has 0 spiro atoms. The molecule has 1 aliphatic heterocycles. The number of aliphatic hydroxyl groups is 1. The zero-order valence-electron chi connectivity index (χ0n) is 8.62. The summed E-state index contributed by atoms with van der Waals surface area (Å²) >= 11 is 0. The van der Waals surface area contributed by atoms with Crippen LogP contribution in [0.25, 0.3) is 0 Å². The van der Waals surface area contributed by atoms with E-state index in [1.54, 1.807) is 18.2 Å². The maximum atomic E-state index is 13.3. The summed E-state index contributed by atoms with van der Waals surface area (Å²) in [6, 6.07) is 6.76. The molecule has 1 fully saturated rings. The number of hydrogen-bond acceptors (Lipinski definition) is 2. The lowest BCUT2D eigenvalue weighted by Gasteiger charge is -2.18. The fourth-order valence-corrected chi connectivity index (χ4v) is 2.07. The van der Waals surface area contributed by atoms with Crippen molar-refractivity contribution in [2.45, 2.75) is 31.4 Å². The topological polar surface area (TPSA) is 32.3 Å². The lowest BCUT2D eigenvalue weighted by atomic mass is 10.0. The van der Waals surface area contributed by atoms with E-state index in [4.69, 9.17) is 0 Å². The van der Waals surface area contributed by atoms with Crippen molar-refractivity contribution in [3.63, 3.8) is 0 Å². The van der Waals surface area contributed by atoms with Gasteiger partial charge in [0.1, 0.15) is 5.82 Å². The molecule has 15 heavy (non-hydrogen) atoms. The Morgan fingerprint density at radius 2 is 2.27 bits per heavy atom. The SMILES string of the molecule is OC(Cc1ccccc1F)C1CCCN1. The number of halogens is 1. The molecule has 0 amide bonds. The van der Waals surface area contributed by atoms with Gasteiger partial charge in [-0.2, -0.15) is 0 Å². The highest BCUT2D eigenvalue weighted by Crippen LogP contribution is 2.15. The summed E-state index contributed by atoms with van der Waals surface area (Å²) in [6.45, 7) is 0.957. The summed E-state index contributed by atoms with van der Waals surface area (Å²) in [5, 5.41) is 13.1. The Morgan fingerprint density at radius 1 is 1.47 bits per heavy atom. The molecule has 0 saturated carbocycles. The summed E-state index contributed by atoms with van der Waals surface area (Å²) in [7, 11) is 0. The molecular formula is C12H16FNO. The highest BCUT2D eigenvalue weighted by atomic mass is 19.1. The van der Waals surface area contributed by atoms with Crippen molar-refractivity contribution in [1.82, 2.24) is 5.32 Å². The van der Waals surface area contributed by atoms with Gasteiger partial charge in [-0.3, -0.25) is 0 Å². The molecule has 82 valence electrons. The van der Waals surface area contributed by atoms with Crippen LogP contribution in [-0.2, 0) is 6.42 Å². The van der Waals surface area contributed by atoms with Gasteiger partial charge in [-0.05, 0) is 31.0 Å². The first-order chi connectivity index (χ1) is 7.27. The van der Waals surface area contributed by atoms with E-state index in [1.165, 1.54) is 6.07 Å². The zero-order chi connectivity index (χ0) is 10.7. The molecule has 0 radical (unpaired) electrons. The Hall–Kier alpha value is -0.930. The molecular weight excluding hydrogens is 193 g/mol. The molecule has 2 nitrogen and oxygen atoms in total. The Labute approximate surface area is 89.1 Å². The van der Waals surface area contributed by atoms with Gasteiger partial charge < -0.3 is 10.4 Å². The molecule has 2 unspecified atom stereocenters. The predicted molar refractivity (Wildman–Crippen MR) is 57.1 cm³/mol. The monoisotopic (exact) mass is 209 g/mol. The van der Waals surface area contributed by atoms with Gasteiger partial charge >= 0.3 is 0 Å². The third-order valence-corrected chi connectivity index (χ3v) is 2.95. The average molecular weight is 209 g/mol. The van der Waals surface area contributed by atoms with Crippen LogP contribution in [0.5, 0.6) is 0 Å². The quantitative estimate of drug-likeness (QED) is 0.790. The predicted octanol–water partition coefficient (Wildman–Crippen LogP) is 1.48. The maximum Gasteiger partial charge on any atom is 0.126 e. The van der Waals surface area contributed by atoms with Crippen LogP contribution in [0, 0.1) is 5.82 Å². The van der Waals surface area contributed by atoms with Gasteiger partial charge in [0.05, 0.1) is 6.10 Å². The number of nitrogens with one attached hydrogen (secondary N) is 1. The molecule has 0 aliphatic carbocycles. The second kappa shape index (κ2) is 4.73. The Bertz CT molecular complexity index is 323. The van der Waals surface area contributed by atoms with E-state index >= 15 is 0 Å². The standard InChI is InChI=1S/C12H16FNO/c13-10-5-2-1-4-9(10)8-12(15)11-6-3-7-14-11/h1-2,4-5,11-12,14-15H,3,6-8H2. The lowest BCUT2D eigenvalue weighted by Crippen LogP contribution is -2.36. The molecule has 0 aromatic heterocycles. The molecule has 1 aliphatic rings. The van der Waals surface area contributed by atoms with Gasteiger partial charge in [-0.1, -0.05) is 18.2 Å². The van der Waals surface area contributed by atoms with Crippen molar-refractivity contribution in [2.24, 2.45) is 0 Å². The summed E-state index contributed by atoms with van der Waals surface area (Å²) in [4.78, 5) is 0. The van der Waals surface area contributed by atoms with Crippen LogP contribution in [0.15, 0.2) is 24.3 Å². The first-order valence-electron chi connectivity index (χ1n) is 5.42. The number of aliphatic hydroxyl groups excluding tert-OH is 1. The fourth-order valence-electron chi connectivity index (χ4n) is 2.07. The minimum absolute atomic E-state index is 0.129. The molecule has 2 rings (SSSR count). The average Bonchev–Trinajstić information content (AvgIpc) is 2.74. The Kier molecular flexibility index (Phi) is 3.34. The van der Waals surface area contributed by atoms with Gasteiger partial charge in [0.25, 0.3) is 0 Å². The van der Waals surface area contributed by atoms with Crippen molar-refractivity contribution in [3.05, 3.63) is 35.6 Å². The lowest BCUT2D eigenvalue weighted by molar-refractivity contribution is 0.135. The highest BCUT2D eigenvalue weighted by molar-refractivity contribution is 5.18. The van der Waals surface area contributed by atoms with E-state index in [0.29, 0.717) is 12.0 Å². The first kappa shape index (κ1) is 10.6. The third-order valence-electron chi connectivity index (χ3n) is 2.95. The van der Waals surface area contributed by atoms with Crippen molar-refractivity contribution in [2.75, 3.05) is 6.54 Å². The molecule has 1 heterocycles. The second-order valence-electron chi connectivity index (χ2n) is 4.07. The van der Waals surface area contributed by atoms with E-state index in [-0.39, 0.29) is 11.9 Å². The minimum Gasteiger partial charge on any atom is -0.391 e. The Balaban J connectivity index is 1.99. The van der Waals surface area contributed by atoms with Crippen LogP contribution >= 0.6 is 0 Å². The van der Waals surface area contributed by atoms with Crippen LogP contribution in [0.1, 0.15) is 18.4 Å². The first-order valence-corrected chi connectivity index (χ1v) is 5.42. The van der Waals surface area contributed by atoms with Gasteiger partial charge in [0, 0.05) is 12.5 Å². The molecule has 0 bridgehead atoms. The van der Waals surface area contributed by atoms with E-state index in [0.717, 1.165) is 19.4 Å². The largest absolute Gasteiger partial charge is 0.391 e. The normalized spacial score (nSPS) is 22.9. The Morgan fingerprint density at radius 3 is 2.93 bits per heavy atom. The minimum atomic E-state index is -0.482. The van der Waals surface area contributed by atoms with Gasteiger partial charge in [-0.15, -0.1) is 0 Å².